The number of aromatic nitrogens is 1. The van der Waals surface area contributed by atoms with Crippen molar-refractivity contribution in [2.45, 2.75) is 78.6 Å². The molecule has 6 aromatic rings. The van der Waals surface area contributed by atoms with Crippen molar-refractivity contribution < 1.29 is 4.74 Å². The second-order valence-electron chi connectivity index (χ2n) is 16.3. The van der Waals surface area contributed by atoms with Crippen LogP contribution in [0, 0.1) is 0 Å². The first-order valence-corrected chi connectivity index (χ1v) is 16.4. The molecule has 2 aliphatic heterocycles. The minimum Gasteiger partial charge on any atom is -0.458 e. The lowest BCUT2D eigenvalue weighted by molar-refractivity contribution is 0.483. The van der Waals surface area contributed by atoms with Gasteiger partial charge < -0.3 is 9.30 Å². The molecule has 3 heterocycles. The smallest absolute Gasteiger partial charge is 0.256 e. The minimum absolute atomic E-state index is 0.00507. The van der Waals surface area contributed by atoms with E-state index in [1.165, 1.54) is 71.7 Å². The zero-order chi connectivity index (χ0) is 31.6. The fourth-order valence-corrected chi connectivity index (χ4v) is 7.44. The second-order valence-corrected chi connectivity index (χ2v) is 16.3. The molecule has 0 radical (unpaired) electrons. The van der Waals surface area contributed by atoms with E-state index in [9.17, 15) is 0 Å². The molecule has 2 nitrogen and oxygen atoms in total. The zero-order valence-corrected chi connectivity index (χ0v) is 28.1. The Morgan fingerprint density at radius 1 is 0.533 bits per heavy atom. The van der Waals surface area contributed by atoms with Crippen LogP contribution in [0.3, 0.4) is 0 Å². The highest BCUT2D eigenvalue weighted by molar-refractivity contribution is 6.99. The minimum atomic E-state index is 0.00507. The van der Waals surface area contributed by atoms with Crippen molar-refractivity contribution in [2.24, 2.45) is 0 Å². The number of hydrogen-bond donors (Lipinski definition) is 0. The molecule has 8 rings (SSSR count). The van der Waals surface area contributed by atoms with Crippen LogP contribution in [-0.2, 0) is 16.2 Å². The van der Waals surface area contributed by atoms with Crippen LogP contribution in [-0.4, -0.2) is 11.3 Å². The lowest BCUT2D eigenvalue weighted by atomic mass is 9.34. The van der Waals surface area contributed by atoms with Gasteiger partial charge in [0.15, 0.2) is 0 Å². The van der Waals surface area contributed by atoms with E-state index < -0.39 is 0 Å². The highest BCUT2D eigenvalue weighted by Crippen LogP contribution is 2.42. The van der Waals surface area contributed by atoms with Crippen LogP contribution in [0.15, 0.2) is 91.0 Å². The molecular weight excluding hydrogens is 545 g/mol. The largest absolute Gasteiger partial charge is 0.458 e. The Morgan fingerprint density at radius 3 is 1.87 bits per heavy atom. The van der Waals surface area contributed by atoms with Gasteiger partial charge in [0.1, 0.15) is 11.5 Å². The summed E-state index contributed by atoms with van der Waals surface area (Å²) in [5.74, 6) is 1.94. The van der Waals surface area contributed by atoms with Crippen molar-refractivity contribution in [2.75, 3.05) is 0 Å². The predicted octanol–water partition coefficient (Wildman–Crippen LogP) is 9.28. The van der Waals surface area contributed by atoms with Crippen LogP contribution in [0.25, 0.3) is 38.6 Å². The molecule has 1 aromatic heterocycles. The van der Waals surface area contributed by atoms with Gasteiger partial charge in [-0.3, -0.25) is 0 Å². The average molecular weight is 588 g/mol. The predicted molar refractivity (Wildman–Crippen MR) is 193 cm³/mol. The van der Waals surface area contributed by atoms with Gasteiger partial charge in [0.05, 0.1) is 5.52 Å². The second kappa shape index (κ2) is 9.16. The van der Waals surface area contributed by atoms with Crippen LogP contribution >= 0.6 is 0 Å². The van der Waals surface area contributed by atoms with Gasteiger partial charge in [0.25, 0.3) is 6.71 Å². The van der Waals surface area contributed by atoms with E-state index in [1.54, 1.807) is 0 Å². The monoisotopic (exact) mass is 587 g/mol. The van der Waals surface area contributed by atoms with Crippen LogP contribution in [0.2, 0.25) is 0 Å². The van der Waals surface area contributed by atoms with Gasteiger partial charge >= 0.3 is 0 Å². The Morgan fingerprint density at radius 2 is 1.18 bits per heavy atom. The highest BCUT2D eigenvalue weighted by Gasteiger charge is 2.42. The molecule has 45 heavy (non-hydrogen) atoms. The first kappa shape index (κ1) is 28.3. The Hall–Kier alpha value is -4.24. The Labute approximate surface area is 268 Å². The number of hydrogen-bond acceptors (Lipinski definition) is 1. The third-order valence-corrected chi connectivity index (χ3v) is 10.1. The molecule has 0 amide bonds. The lowest BCUT2D eigenvalue weighted by Gasteiger charge is -2.35. The molecule has 0 saturated carbocycles. The summed E-state index contributed by atoms with van der Waals surface area (Å²) in [6.45, 7) is 20.8. The third kappa shape index (κ3) is 4.23. The molecule has 0 aliphatic carbocycles. The van der Waals surface area contributed by atoms with E-state index in [0.717, 1.165) is 11.5 Å². The SMILES string of the molecule is CC(C)(C)c1ccc2c(c1)Oc1cc(-c3ccccc3)cc3c1B2c1cc(C(C)(C)C)cc2c4cc(C(C)(C)C)ccc4n-3c12. The summed E-state index contributed by atoms with van der Waals surface area (Å²) in [6, 6.07) is 34.4. The molecule has 0 N–H and O–H groups in total. The van der Waals surface area contributed by atoms with Crippen molar-refractivity contribution in [1.82, 2.24) is 4.57 Å². The summed E-state index contributed by atoms with van der Waals surface area (Å²) >= 11 is 0. The molecule has 3 heteroatoms. The van der Waals surface area contributed by atoms with Crippen molar-refractivity contribution >= 4 is 44.9 Å². The Balaban J connectivity index is 1.54. The van der Waals surface area contributed by atoms with Crippen molar-refractivity contribution in [1.29, 1.82) is 0 Å². The van der Waals surface area contributed by atoms with Gasteiger partial charge in [-0.05, 0) is 96.8 Å². The Bertz CT molecular complexity index is 2180. The number of ether oxygens (including phenoxy) is 1. The molecule has 0 fully saturated rings. The molecule has 0 spiro atoms. The van der Waals surface area contributed by atoms with Gasteiger partial charge in [0.2, 0.25) is 0 Å². The number of fused-ring (bicyclic) bond motifs is 7. The quantitative estimate of drug-likeness (QED) is 0.175. The van der Waals surface area contributed by atoms with Crippen molar-refractivity contribution in [3.8, 4) is 28.3 Å². The number of nitrogens with zero attached hydrogens (tertiary/aromatic N) is 1. The lowest BCUT2D eigenvalue weighted by Crippen LogP contribution is -2.58. The molecule has 0 bridgehead atoms. The van der Waals surface area contributed by atoms with Crippen molar-refractivity contribution in [3.05, 3.63) is 108 Å². The fourth-order valence-electron chi connectivity index (χ4n) is 7.44. The van der Waals surface area contributed by atoms with Gasteiger partial charge in [0, 0.05) is 22.0 Å². The van der Waals surface area contributed by atoms with Gasteiger partial charge in [-0.2, -0.15) is 0 Å². The first-order chi connectivity index (χ1) is 21.2. The molecule has 2 aliphatic rings. The maximum absolute atomic E-state index is 6.97. The molecule has 0 saturated heterocycles. The first-order valence-electron chi connectivity index (χ1n) is 16.4. The Kier molecular flexibility index (Phi) is 5.75. The topological polar surface area (TPSA) is 14.2 Å². The number of rotatable bonds is 1. The van der Waals surface area contributed by atoms with E-state index >= 15 is 0 Å². The summed E-state index contributed by atoms with van der Waals surface area (Å²) in [5.41, 5.74) is 14.2. The fraction of sp³-hybridized carbons (Fsp3) is 0.286. The molecule has 0 unspecified atom stereocenters. The third-order valence-electron chi connectivity index (χ3n) is 10.1. The highest BCUT2D eigenvalue weighted by atomic mass is 16.5. The van der Waals surface area contributed by atoms with Crippen LogP contribution in [0.5, 0.6) is 11.5 Å². The zero-order valence-electron chi connectivity index (χ0n) is 28.1. The summed E-state index contributed by atoms with van der Waals surface area (Å²) in [7, 11) is 0. The van der Waals surface area contributed by atoms with E-state index in [1.807, 2.05) is 0 Å². The van der Waals surface area contributed by atoms with Crippen LogP contribution in [0.1, 0.15) is 79.0 Å². The summed E-state index contributed by atoms with van der Waals surface area (Å²) < 4.78 is 9.51. The molecule has 5 aromatic carbocycles. The molecule has 0 atom stereocenters. The van der Waals surface area contributed by atoms with Gasteiger partial charge in [-0.25, -0.2) is 0 Å². The number of benzene rings is 5. The van der Waals surface area contributed by atoms with E-state index in [2.05, 4.69) is 158 Å². The molecule has 224 valence electrons. The van der Waals surface area contributed by atoms with Gasteiger partial charge in [-0.15, -0.1) is 0 Å². The van der Waals surface area contributed by atoms with Crippen LogP contribution < -0.4 is 21.1 Å². The normalized spacial score (nSPS) is 14.0. The van der Waals surface area contributed by atoms with E-state index in [-0.39, 0.29) is 23.0 Å². The molecular formula is C42H42BNO. The standard InChI is InChI=1S/C42H42BNO/c1-40(2,3)27-16-18-34-30(21-27)31-22-29(42(7,8)9)23-33-39(31)44(34)35-19-26(25-13-11-10-12-14-25)20-37-38(35)43(33)32-17-15-28(41(4,5)6)24-36(32)45-37/h10-24H,1-9H3. The van der Waals surface area contributed by atoms with E-state index in [4.69, 9.17) is 4.74 Å². The summed E-state index contributed by atoms with van der Waals surface area (Å²) in [4.78, 5) is 0. The summed E-state index contributed by atoms with van der Waals surface area (Å²) in [5, 5.41) is 2.67. The van der Waals surface area contributed by atoms with Crippen molar-refractivity contribution in [3.63, 3.8) is 0 Å². The van der Waals surface area contributed by atoms with Gasteiger partial charge in [-0.1, -0.05) is 117 Å². The maximum Gasteiger partial charge on any atom is 0.256 e. The summed E-state index contributed by atoms with van der Waals surface area (Å²) in [6.07, 6.45) is 0. The van der Waals surface area contributed by atoms with Crippen LogP contribution in [0.4, 0.5) is 0 Å². The average Bonchev–Trinajstić information content (AvgIpc) is 3.32. The van der Waals surface area contributed by atoms with E-state index in [0.29, 0.717) is 0 Å². The maximum atomic E-state index is 6.97.